The third kappa shape index (κ3) is 3.71. The molecule has 120 valence electrons. The Hall–Kier alpha value is -1.50. The van der Waals surface area contributed by atoms with Gasteiger partial charge >= 0.3 is 7.12 Å². The molecule has 1 saturated heterocycles. The van der Waals surface area contributed by atoms with Gasteiger partial charge in [-0.05, 0) is 48.8 Å². The zero-order chi connectivity index (χ0) is 16.2. The molecule has 1 N–H and O–H groups in total. The van der Waals surface area contributed by atoms with Gasteiger partial charge < -0.3 is 14.4 Å². The third-order valence-corrected chi connectivity index (χ3v) is 4.78. The zero-order valence-corrected chi connectivity index (χ0v) is 14.2. The van der Waals surface area contributed by atoms with E-state index in [1.807, 2.05) is 25.6 Å². The van der Waals surface area contributed by atoms with Gasteiger partial charge in [0.15, 0.2) is 0 Å². The maximum atomic E-state index is 9.54. The Morgan fingerprint density at radius 3 is 2.91 bits per heavy atom. The lowest BCUT2D eigenvalue weighted by Gasteiger charge is -2.12. The van der Waals surface area contributed by atoms with E-state index in [0.717, 1.165) is 27.3 Å². The van der Waals surface area contributed by atoms with Crippen molar-refractivity contribution in [1.29, 1.82) is 0 Å². The third-order valence-electron chi connectivity index (χ3n) is 4.00. The maximum Gasteiger partial charge on any atom is 0.454 e. The quantitative estimate of drug-likeness (QED) is 0.672. The van der Waals surface area contributed by atoms with Gasteiger partial charge in [0.05, 0.1) is 6.61 Å². The summed E-state index contributed by atoms with van der Waals surface area (Å²) in [4.78, 5) is 5.50. The fraction of sp³-hybridized carbons (Fsp3) is 0.353. The molecule has 1 aromatic carbocycles. The average molecular weight is 329 g/mol. The van der Waals surface area contributed by atoms with Crippen molar-refractivity contribution in [2.24, 2.45) is 0 Å². The van der Waals surface area contributed by atoms with E-state index in [-0.39, 0.29) is 5.92 Å². The molecule has 2 aromatic rings. The summed E-state index contributed by atoms with van der Waals surface area (Å²) >= 11 is 1.68. The van der Waals surface area contributed by atoms with Gasteiger partial charge in [-0.15, -0.1) is 11.8 Å². The van der Waals surface area contributed by atoms with Gasteiger partial charge in [0.25, 0.3) is 0 Å². The molecule has 1 aromatic heterocycles. The molecule has 0 bridgehead atoms. The predicted octanol–water partition coefficient (Wildman–Crippen LogP) is 3.46. The van der Waals surface area contributed by atoms with Crippen molar-refractivity contribution in [1.82, 2.24) is 4.98 Å². The van der Waals surface area contributed by atoms with E-state index in [1.54, 1.807) is 11.8 Å². The Labute approximate surface area is 141 Å². The highest BCUT2D eigenvalue weighted by atomic mass is 32.2. The van der Waals surface area contributed by atoms with Crippen LogP contribution in [0.2, 0.25) is 6.32 Å². The van der Waals surface area contributed by atoms with Gasteiger partial charge in [-0.2, -0.15) is 0 Å². The first-order valence-corrected chi connectivity index (χ1v) is 8.99. The largest absolute Gasteiger partial charge is 0.493 e. The first kappa shape index (κ1) is 16.4. The lowest BCUT2D eigenvalue weighted by Crippen LogP contribution is -2.07. The van der Waals surface area contributed by atoms with Crippen molar-refractivity contribution >= 4 is 18.9 Å². The van der Waals surface area contributed by atoms with Crippen LogP contribution in [-0.2, 0) is 4.65 Å². The molecule has 3 rings (SSSR count). The van der Waals surface area contributed by atoms with Crippen LogP contribution < -0.4 is 4.74 Å². The fourth-order valence-corrected chi connectivity index (χ4v) is 3.33. The Balaban J connectivity index is 1.91. The van der Waals surface area contributed by atoms with Gasteiger partial charge in [-0.25, -0.2) is 0 Å². The van der Waals surface area contributed by atoms with Crippen molar-refractivity contribution in [2.75, 3.05) is 19.5 Å². The highest BCUT2D eigenvalue weighted by Gasteiger charge is 2.30. The topological polar surface area (TPSA) is 51.6 Å². The molecule has 2 heterocycles. The monoisotopic (exact) mass is 329 g/mol. The van der Waals surface area contributed by atoms with E-state index < -0.39 is 7.12 Å². The molecule has 0 aliphatic carbocycles. The fourth-order valence-electron chi connectivity index (χ4n) is 2.80. The predicted molar refractivity (Wildman–Crippen MR) is 94.1 cm³/mol. The highest BCUT2D eigenvalue weighted by molar-refractivity contribution is 7.98. The first-order valence-electron chi connectivity index (χ1n) is 7.77. The SMILES string of the molecule is CCOc1cc(-c2cncc(C3COB(O)C3)c2)ccc1SC. The number of pyridine rings is 1. The smallest absolute Gasteiger partial charge is 0.454 e. The minimum Gasteiger partial charge on any atom is -0.493 e. The number of hydrogen-bond acceptors (Lipinski definition) is 5. The number of benzene rings is 1. The zero-order valence-electron chi connectivity index (χ0n) is 13.4. The Morgan fingerprint density at radius 2 is 2.22 bits per heavy atom. The number of rotatable bonds is 5. The lowest BCUT2D eigenvalue weighted by molar-refractivity contribution is 0.292. The minimum atomic E-state index is -0.658. The second-order valence-electron chi connectivity index (χ2n) is 5.53. The minimum absolute atomic E-state index is 0.203. The van der Waals surface area contributed by atoms with Crippen LogP contribution in [0.25, 0.3) is 11.1 Å². The second kappa shape index (κ2) is 7.38. The molecule has 23 heavy (non-hydrogen) atoms. The number of nitrogens with zero attached hydrogens (tertiary/aromatic N) is 1. The van der Waals surface area contributed by atoms with Gasteiger partial charge in [-0.1, -0.05) is 6.07 Å². The molecule has 0 saturated carbocycles. The van der Waals surface area contributed by atoms with E-state index in [1.165, 1.54) is 0 Å². The summed E-state index contributed by atoms with van der Waals surface area (Å²) in [5, 5.41) is 9.54. The van der Waals surface area contributed by atoms with E-state index in [2.05, 4.69) is 29.2 Å². The lowest BCUT2D eigenvalue weighted by atomic mass is 9.80. The van der Waals surface area contributed by atoms with Crippen LogP contribution in [0.3, 0.4) is 0 Å². The van der Waals surface area contributed by atoms with Crippen LogP contribution in [0, 0.1) is 0 Å². The Morgan fingerprint density at radius 1 is 1.35 bits per heavy atom. The average Bonchev–Trinajstić information content (AvgIpc) is 3.02. The molecule has 1 atom stereocenters. The van der Waals surface area contributed by atoms with Gasteiger partial charge in [0.1, 0.15) is 5.75 Å². The molecule has 6 heteroatoms. The van der Waals surface area contributed by atoms with Crippen LogP contribution in [0.15, 0.2) is 41.6 Å². The van der Waals surface area contributed by atoms with Crippen LogP contribution >= 0.6 is 11.8 Å². The summed E-state index contributed by atoms with van der Waals surface area (Å²) in [5.41, 5.74) is 3.24. The summed E-state index contributed by atoms with van der Waals surface area (Å²) < 4.78 is 11.0. The van der Waals surface area contributed by atoms with E-state index in [4.69, 9.17) is 9.39 Å². The van der Waals surface area contributed by atoms with Crippen molar-refractivity contribution in [3.63, 3.8) is 0 Å². The van der Waals surface area contributed by atoms with Crippen LogP contribution in [0.1, 0.15) is 18.4 Å². The molecule has 0 amide bonds. The van der Waals surface area contributed by atoms with Crippen molar-refractivity contribution in [3.05, 3.63) is 42.2 Å². The van der Waals surface area contributed by atoms with Crippen molar-refractivity contribution in [3.8, 4) is 16.9 Å². The van der Waals surface area contributed by atoms with Crippen LogP contribution in [0.5, 0.6) is 5.75 Å². The Bertz CT molecular complexity index is 683. The van der Waals surface area contributed by atoms with Gasteiger partial charge in [0, 0.05) is 35.4 Å². The van der Waals surface area contributed by atoms with Crippen molar-refractivity contribution in [2.45, 2.75) is 24.1 Å². The number of thioether (sulfide) groups is 1. The molecule has 0 radical (unpaired) electrons. The van der Waals surface area contributed by atoms with E-state index in [9.17, 15) is 5.02 Å². The molecule has 0 spiro atoms. The summed E-state index contributed by atoms with van der Waals surface area (Å²) in [5.74, 6) is 1.11. The van der Waals surface area contributed by atoms with Gasteiger partial charge in [-0.3, -0.25) is 4.98 Å². The van der Waals surface area contributed by atoms with Crippen molar-refractivity contribution < 1.29 is 14.4 Å². The summed E-state index contributed by atoms with van der Waals surface area (Å²) in [6, 6.07) is 8.37. The normalized spacial score (nSPS) is 17.5. The van der Waals surface area contributed by atoms with Crippen LogP contribution in [0.4, 0.5) is 0 Å². The standard InChI is InChI=1S/C17H20BNO3S/c1-3-21-16-7-12(4-5-17(16)23-2)13-6-14(10-19-9-13)15-8-18(20)22-11-15/h4-7,9-10,15,20H,3,8,11H2,1-2H3. The second-order valence-corrected chi connectivity index (χ2v) is 6.37. The van der Waals surface area contributed by atoms with Gasteiger partial charge in [0.2, 0.25) is 0 Å². The molecule has 4 nitrogen and oxygen atoms in total. The molecule has 1 unspecified atom stereocenters. The number of aromatic nitrogens is 1. The number of hydrogen-bond donors (Lipinski definition) is 1. The molecule has 1 fully saturated rings. The summed E-state index contributed by atoms with van der Waals surface area (Å²) in [7, 11) is -0.658. The molecular weight excluding hydrogens is 309 g/mol. The van der Waals surface area contributed by atoms with E-state index >= 15 is 0 Å². The summed E-state index contributed by atoms with van der Waals surface area (Å²) in [6.45, 7) is 3.18. The van der Waals surface area contributed by atoms with E-state index in [0.29, 0.717) is 19.5 Å². The first-order chi connectivity index (χ1) is 11.2. The summed E-state index contributed by atoms with van der Waals surface area (Å²) in [6.07, 6.45) is 6.39. The highest BCUT2D eigenvalue weighted by Crippen LogP contribution is 2.34. The van der Waals surface area contributed by atoms with Crippen LogP contribution in [-0.4, -0.2) is 36.6 Å². The Kier molecular flexibility index (Phi) is 5.25. The number of ether oxygens (including phenoxy) is 1. The molecule has 1 aliphatic rings. The molecule has 1 aliphatic heterocycles. The molecular formula is C17H20BNO3S. The maximum absolute atomic E-state index is 9.54.